The van der Waals surface area contributed by atoms with Gasteiger partial charge in [0.25, 0.3) is 5.56 Å². The van der Waals surface area contributed by atoms with Crippen molar-refractivity contribution in [3.05, 3.63) is 52.7 Å². The normalized spacial score (nSPS) is 11.5. The SMILES string of the molecule is CC(CC#N)COc1ccccc1-n1cncc(C(=O)O)c1=O. The maximum absolute atomic E-state index is 12.2. The van der Waals surface area contributed by atoms with E-state index in [2.05, 4.69) is 11.1 Å². The van der Waals surface area contributed by atoms with Gasteiger partial charge < -0.3 is 9.84 Å². The number of rotatable bonds is 6. The first-order chi connectivity index (χ1) is 11.0. The topological polar surface area (TPSA) is 105 Å². The Hall–Kier alpha value is -3.14. The molecule has 1 unspecified atom stereocenters. The fourth-order valence-corrected chi connectivity index (χ4v) is 1.96. The molecule has 0 saturated carbocycles. The van der Waals surface area contributed by atoms with E-state index in [-0.39, 0.29) is 5.92 Å². The monoisotopic (exact) mass is 313 g/mol. The molecule has 0 fully saturated rings. The van der Waals surface area contributed by atoms with E-state index in [1.54, 1.807) is 24.3 Å². The zero-order valence-corrected chi connectivity index (χ0v) is 12.5. The number of nitriles is 1. The number of carbonyl (C=O) groups is 1. The maximum Gasteiger partial charge on any atom is 0.342 e. The van der Waals surface area contributed by atoms with Gasteiger partial charge in [-0.1, -0.05) is 19.1 Å². The lowest BCUT2D eigenvalue weighted by Gasteiger charge is -2.15. The molecule has 7 heteroatoms. The van der Waals surface area contributed by atoms with Gasteiger partial charge in [-0.3, -0.25) is 9.36 Å². The van der Waals surface area contributed by atoms with Crippen LogP contribution in [-0.2, 0) is 0 Å². The third-order valence-corrected chi connectivity index (χ3v) is 3.15. The van der Waals surface area contributed by atoms with Crippen LogP contribution in [0.25, 0.3) is 5.69 Å². The molecule has 0 spiro atoms. The molecule has 0 amide bonds. The number of carboxylic acid groups (broad SMARTS) is 1. The highest BCUT2D eigenvalue weighted by Crippen LogP contribution is 2.22. The summed E-state index contributed by atoms with van der Waals surface area (Å²) in [5.74, 6) is -0.880. The summed E-state index contributed by atoms with van der Waals surface area (Å²) in [4.78, 5) is 27.1. The number of aromatic carboxylic acids is 1. The highest BCUT2D eigenvalue weighted by molar-refractivity contribution is 5.86. The highest BCUT2D eigenvalue weighted by atomic mass is 16.5. The van der Waals surface area contributed by atoms with Crippen LogP contribution < -0.4 is 10.3 Å². The molecule has 1 aromatic carbocycles. The largest absolute Gasteiger partial charge is 0.491 e. The number of benzene rings is 1. The van der Waals surface area contributed by atoms with Crippen molar-refractivity contribution in [2.45, 2.75) is 13.3 Å². The van der Waals surface area contributed by atoms with Gasteiger partial charge in [-0.15, -0.1) is 0 Å². The Balaban J connectivity index is 2.38. The van der Waals surface area contributed by atoms with E-state index in [1.165, 1.54) is 6.33 Å². The second kappa shape index (κ2) is 7.22. The van der Waals surface area contributed by atoms with Gasteiger partial charge in [0.2, 0.25) is 0 Å². The minimum atomic E-state index is -1.34. The van der Waals surface area contributed by atoms with Crippen LogP contribution >= 0.6 is 0 Å². The van der Waals surface area contributed by atoms with Crippen LogP contribution in [0.3, 0.4) is 0 Å². The van der Waals surface area contributed by atoms with Gasteiger partial charge in [-0.05, 0) is 12.1 Å². The molecule has 0 radical (unpaired) electrons. The third kappa shape index (κ3) is 3.74. The number of ether oxygens (including phenoxy) is 1. The van der Waals surface area contributed by atoms with Crippen molar-refractivity contribution in [2.24, 2.45) is 5.92 Å². The first-order valence-electron chi connectivity index (χ1n) is 6.93. The molecular formula is C16H15N3O4. The second-order valence-electron chi connectivity index (χ2n) is 5.03. The average molecular weight is 313 g/mol. The molecule has 0 aliphatic carbocycles. The molecule has 0 aliphatic rings. The zero-order chi connectivity index (χ0) is 16.8. The Bertz CT molecular complexity index is 807. The Kier molecular flexibility index (Phi) is 5.10. The quantitative estimate of drug-likeness (QED) is 0.872. The second-order valence-corrected chi connectivity index (χ2v) is 5.03. The van der Waals surface area contributed by atoms with Gasteiger partial charge in [0, 0.05) is 18.5 Å². The fourth-order valence-electron chi connectivity index (χ4n) is 1.96. The predicted octanol–water partition coefficient (Wildman–Crippen LogP) is 1.86. The number of para-hydroxylation sites is 2. The summed E-state index contributed by atoms with van der Waals surface area (Å²) in [7, 11) is 0. The molecule has 7 nitrogen and oxygen atoms in total. The van der Waals surface area contributed by atoms with Crippen LogP contribution in [-0.4, -0.2) is 27.2 Å². The van der Waals surface area contributed by atoms with E-state index in [9.17, 15) is 9.59 Å². The van der Waals surface area contributed by atoms with Crippen LogP contribution in [0, 0.1) is 17.2 Å². The molecule has 1 heterocycles. The van der Waals surface area contributed by atoms with Crippen LogP contribution in [0.5, 0.6) is 5.75 Å². The summed E-state index contributed by atoms with van der Waals surface area (Å²) in [6.45, 7) is 2.19. The van der Waals surface area contributed by atoms with Crippen LogP contribution in [0.2, 0.25) is 0 Å². The number of hydrogen-bond donors (Lipinski definition) is 1. The number of nitrogens with zero attached hydrogens (tertiary/aromatic N) is 3. The van der Waals surface area contributed by atoms with E-state index in [0.717, 1.165) is 10.8 Å². The lowest BCUT2D eigenvalue weighted by molar-refractivity contribution is 0.0694. The number of hydrogen-bond acceptors (Lipinski definition) is 5. The zero-order valence-electron chi connectivity index (χ0n) is 12.5. The number of aromatic nitrogens is 2. The molecule has 0 aliphatic heterocycles. The van der Waals surface area contributed by atoms with Crippen LogP contribution in [0.4, 0.5) is 0 Å². The van der Waals surface area contributed by atoms with E-state index in [4.69, 9.17) is 15.1 Å². The Labute approximate surface area is 132 Å². The minimum Gasteiger partial charge on any atom is -0.491 e. The summed E-state index contributed by atoms with van der Waals surface area (Å²) in [6.07, 6.45) is 2.62. The molecule has 0 saturated heterocycles. The van der Waals surface area contributed by atoms with Crippen molar-refractivity contribution >= 4 is 5.97 Å². The highest BCUT2D eigenvalue weighted by Gasteiger charge is 2.15. The van der Waals surface area contributed by atoms with Gasteiger partial charge in [0.15, 0.2) is 0 Å². The summed E-state index contributed by atoms with van der Waals surface area (Å²) in [5, 5.41) is 17.7. The van der Waals surface area contributed by atoms with Crippen molar-refractivity contribution in [3.63, 3.8) is 0 Å². The van der Waals surface area contributed by atoms with E-state index >= 15 is 0 Å². The molecule has 23 heavy (non-hydrogen) atoms. The molecule has 1 aromatic heterocycles. The Morgan fingerprint density at radius 1 is 1.48 bits per heavy atom. The van der Waals surface area contributed by atoms with Gasteiger partial charge in [-0.25, -0.2) is 9.78 Å². The molecule has 118 valence electrons. The maximum atomic E-state index is 12.2. The Morgan fingerprint density at radius 3 is 2.91 bits per heavy atom. The van der Waals surface area contributed by atoms with E-state index in [0.29, 0.717) is 24.5 Å². The molecule has 0 bridgehead atoms. The lowest BCUT2D eigenvalue weighted by atomic mass is 10.1. The summed E-state index contributed by atoms with van der Waals surface area (Å²) in [6, 6.07) is 8.83. The van der Waals surface area contributed by atoms with E-state index in [1.807, 2.05) is 6.92 Å². The minimum absolute atomic E-state index is 0.0354. The van der Waals surface area contributed by atoms with E-state index < -0.39 is 17.1 Å². The van der Waals surface area contributed by atoms with Gasteiger partial charge >= 0.3 is 5.97 Å². The predicted molar refractivity (Wildman–Crippen MR) is 81.7 cm³/mol. The van der Waals surface area contributed by atoms with Crippen LogP contribution in [0.15, 0.2) is 41.6 Å². The van der Waals surface area contributed by atoms with Gasteiger partial charge in [0.05, 0.1) is 18.4 Å². The lowest BCUT2D eigenvalue weighted by Crippen LogP contribution is -2.25. The fraction of sp³-hybridized carbons (Fsp3) is 0.250. The van der Waals surface area contributed by atoms with Crippen molar-refractivity contribution in [1.82, 2.24) is 9.55 Å². The molecule has 2 rings (SSSR count). The third-order valence-electron chi connectivity index (χ3n) is 3.15. The summed E-state index contributed by atoms with van der Waals surface area (Å²) in [5.41, 5.74) is -0.703. The molecular weight excluding hydrogens is 298 g/mol. The number of carboxylic acids is 1. The first kappa shape index (κ1) is 16.2. The Morgan fingerprint density at radius 2 is 2.22 bits per heavy atom. The average Bonchev–Trinajstić information content (AvgIpc) is 2.53. The first-order valence-corrected chi connectivity index (χ1v) is 6.93. The van der Waals surface area contributed by atoms with Crippen molar-refractivity contribution in [1.29, 1.82) is 5.26 Å². The van der Waals surface area contributed by atoms with Crippen molar-refractivity contribution in [3.8, 4) is 17.5 Å². The van der Waals surface area contributed by atoms with Gasteiger partial charge in [-0.2, -0.15) is 5.26 Å². The van der Waals surface area contributed by atoms with Crippen LogP contribution in [0.1, 0.15) is 23.7 Å². The van der Waals surface area contributed by atoms with Gasteiger partial charge in [0.1, 0.15) is 17.6 Å². The van der Waals surface area contributed by atoms with Crippen molar-refractivity contribution < 1.29 is 14.6 Å². The molecule has 2 aromatic rings. The summed E-state index contributed by atoms with van der Waals surface area (Å²) >= 11 is 0. The molecule has 1 atom stereocenters. The standard InChI is InChI=1S/C16H15N3O4/c1-11(6-7-17)9-23-14-5-3-2-4-13(14)19-10-18-8-12(15(19)20)16(21)22/h2-5,8,10-11H,6,9H2,1H3,(H,21,22). The summed E-state index contributed by atoms with van der Waals surface area (Å²) < 4.78 is 6.81. The smallest absolute Gasteiger partial charge is 0.342 e. The molecule has 1 N–H and O–H groups in total. The van der Waals surface area contributed by atoms with Crippen molar-refractivity contribution in [2.75, 3.05) is 6.61 Å².